The molecule has 4 nitrogen and oxygen atoms in total. The third-order valence-corrected chi connectivity index (χ3v) is 3.76. The molecule has 3 rings (SSSR count). The fourth-order valence-corrected chi connectivity index (χ4v) is 2.66. The molecule has 1 unspecified atom stereocenters. The number of rotatable bonds is 4. The molecular formula is C17H20N2O2. The highest BCUT2D eigenvalue weighted by Crippen LogP contribution is 2.34. The minimum atomic E-state index is 0.269. The van der Waals surface area contributed by atoms with Crippen LogP contribution >= 0.6 is 0 Å². The second kappa shape index (κ2) is 6.06. The number of benzene rings is 2. The Balaban J connectivity index is 1.75. The fraction of sp³-hybridized carbons (Fsp3) is 0.294. The van der Waals surface area contributed by atoms with Crippen molar-refractivity contribution in [2.45, 2.75) is 19.0 Å². The predicted octanol–water partition coefficient (Wildman–Crippen LogP) is 2.89. The van der Waals surface area contributed by atoms with E-state index < -0.39 is 0 Å². The monoisotopic (exact) mass is 284 g/mol. The van der Waals surface area contributed by atoms with Gasteiger partial charge in [-0.15, -0.1) is 0 Å². The minimum absolute atomic E-state index is 0.269. The number of methoxy groups -OCH3 is 1. The number of nitrogen functional groups attached to an aromatic ring is 1. The molecule has 1 aliphatic rings. The molecule has 21 heavy (non-hydrogen) atoms. The van der Waals surface area contributed by atoms with Gasteiger partial charge >= 0.3 is 0 Å². The van der Waals surface area contributed by atoms with Crippen molar-refractivity contribution in [3.63, 3.8) is 0 Å². The molecule has 110 valence electrons. The first kappa shape index (κ1) is 13.8. The van der Waals surface area contributed by atoms with Gasteiger partial charge in [0, 0.05) is 30.3 Å². The summed E-state index contributed by atoms with van der Waals surface area (Å²) in [5, 5.41) is 3.58. The second-order valence-corrected chi connectivity index (χ2v) is 5.22. The van der Waals surface area contributed by atoms with Crippen LogP contribution in [0.2, 0.25) is 0 Å². The third kappa shape index (κ3) is 3.11. The van der Waals surface area contributed by atoms with Crippen molar-refractivity contribution in [1.29, 1.82) is 0 Å². The summed E-state index contributed by atoms with van der Waals surface area (Å²) in [6, 6.07) is 14.2. The van der Waals surface area contributed by atoms with E-state index in [1.165, 1.54) is 5.56 Å². The zero-order valence-corrected chi connectivity index (χ0v) is 12.1. The van der Waals surface area contributed by atoms with Gasteiger partial charge in [0.05, 0.1) is 13.7 Å². The first-order valence-electron chi connectivity index (χ1n) is 7.15. The maximum atomic E-state index is 5.82. The highest BCUT2D eigenvalue weighted by Gasteiger charge is 2.21. The van der Waals surface area contributed by atoms with E-state index in [0.717, 1.165) is 42.3 Å². The lowest BCUT2D eigenvalue weighted by Gasteiger charge is -2.27. The van der Waals surface area contributed by atoms with Crippen LogP contribution in [0.1, 0.15) is 23.6 Å². The summed E-state index contributed by atoms with van der Waals surface area (Å²) < 4.78 is 11.0. The Morgan fingerprint density at radius 3 is 3.00 bits per heavy atom. The van der Waals surface area contributed by atoms with Gasteiger partial charge in [-0.2, -0.15) is 0 Å². The summed E-state index contributed by atoms with van der Waals surface area (Å²) in [5.74, 6) is 1.79. The molecule has 0 saturated carbocycles. The smallest absolute Gasteiger partial charge is 0.124 e. The van der Waals surface area contributed by atoms with E-state index in [9.17, 15) is 0 Å². The van der Waals surface area contributed by atoms with Crippen molar-refractivity contribution in [2.24, 2.45) is 0 Å². The van der Waals surface area contributed by atoms with E-state index in [1.54, 1.807) is 7.11 Å². The summed E-state index contributed by atoms with van der Waals surface area (Å²) >= 11 is 0. The quantitative estimate of drug-likeness (QED) is 0.848. The average Bonchev–Trinajstić information content (AvgIpc) is 2.52. The van der Waals surface area contributed by atoms with Crippen LogP contribution in [0.5, 0.6) is 11.5 Å². The summed E-state index contributed by atoms with van der Waals surface area (Å²) in [6.07, 6.45) is 0.947. The van der Waals surface area contributed by atoms with Crippen LogP contribution in [0.4, 0.5) is 5.69 Å². The van der Waals surface area contributed by atoms with E-state index >= 15 is 0 Å². The molecule has 0 amide bonds. The lowest BCUT2D eigenvalue weighted by molar-refractivity contribution is 0.251. The molecule has 1 heterocycles. The Bertz CT molecular complexity index is 628. The highest BCUT2D eigenvalue weighted by atomic mass is 16.5. The van der Waals surface area contributed by atoms with Gasteiger partial charge in [0.1, 0.15) is 11.5 Å². The average molecular weight is 284 g/mol. The van der Waals surface area contributed by atoms with Crippen molar-refractivity contribution in [2.75, 3.05) is 19.5 Å². The van der Waals surface area contributed by atoms with Crippen LogP contribution in [-0.4, -0.2) is 13.7 Å². The molecule has 0 spiro atoms. The molecule has 4 heteroatoms. The Morgan fingerprint density at radius 2 is 2.19 bits per heavy atom. The van der Waals surface area contributed by atoms with Crippen LogP contribution in [-0.2, 0) is 6.54 Å². The predicted molar refractivity (Wildman–Crippen MR) is 83.5 cm³/mol. The summed E-state index contributed by atoms with van der Waals surface area (Å²) in [5.41, 5.74) is 8.96. The first-order chi connectivity index (χ1) is 10.3. The van der Waals surface area contributed by atoms with Crippen LogP contribution in [0, 0.1) is 0 Å². The Hall–Kier alpha value is -2.20. The highest BCUT2D eigenvalue weighted by molar-refractivity contribution is 5.44. The Labute approximate surface area is 124 Å². The van der Waals surface area contributed by atoms with Crippen molar-refractivity contribution >= 4 is 5.69 Å². The number of nitrogens with one attached hydrogen (secondary N) is 1. The molecule has 0 saturated heterocycles. The number of hydrogen-bond acceptors (Lipinski definition) is 4. The normalized spacial score (nSPS) is 16.9. The number of anilines is 1. The van der Waals surface area contributed by atoms with Crippen LogP contribution in [0.25, 0.3) is 0 Å². The van der Waals surface area contributed by atoms with Gasteiger partial charge in [-0.05, 0) is 35.9 Å². The number of ether oxygens (including phenoxy) is 2. The number of fused-ring (bicyclic) bond motifs is 1. The summed E-state index contributed by atoms with van der Waals surface area (Å²) in [6.45, 7) is 1.51. The largest absolute Gasteiger partial charge is 0.497 e. The van der Waals surface area contributed by atoms with E-state index in [-0.39, 0.29) is 6.04 Å². The molecule has 0 fully saturated rings. The zero-order valence-electron chi connectivity index (χ0n) is 12.1. The van der Waals surface area contributed by atoms with E-state index in [1.807, 2.05) is 36.4 Å². The molecule has 1 atom stereocenters. The van der Waals surface area contributed by atoms with Gasteiger partial charge in [0.15, 0.2) is 0 Å². The topological polar surface area (TPSA) is 56.5 Å². The summed E-state index contributed by atoms with van der Waals surface area (Å²) in [7, 11) is 1.68. The zero-order chi connectivity index (χ0) is 14.7. The SMILES string of the molecule is COc1ccc2c(c1)C(NCc1cccc(N)c1)CCO2. The summed E-state index contributed by atoms with van der Waals surface area (Å²) in [4.78, 5) is 0. The molecule has 2 aromatic carbocycles. The third-order valence-electron chi connectivity index (χ3n) is 3.76. The molecule has 0 aromatic heterocycles. The molecule has 2 aromatic rings. The maximum Gasteiger partial charge on any atom is 0.124 e. The van der Waals surface area contributed by atoms with E-state index in [4.69, 9.17) is 15.2 Å². The van der Waals surface area contributed by atoms with Crippen molar-refractivity contribution in [3.05, 3.63) is 53.6 Å². The lowest BCUT2D eigenvalue weighted by atomic mass is 10.00. The molecule has 1 aliphatic heterocycles. The van der Waals surface area contributed by atoms with Gasteiger partial charge in [-0.1, -0.05) is 12.1 Å². The first-order valence-corrected chi connectivity index (χ1v) is 7.15. The molecule has 0 aliphatic carbocycles. The van der Waals surface area contributed by atoms with Gasteiger partial charge in [0.2, 0.25) is 0 Å². The fourth-order valence-electron chi connectivity index (χ4n) is 2.66. The van der Waals surface area contributed by atoms with E-state index in [2.05, 4.69) is 11.4 Å². The minimum Gasteiger partial charge on any atom is -0.497 e. The number of hydrogen-bond donors (Lipinski definition) is 2. The standard InChI is InChI=1S/C17H20N2O2/c1-20-14-5-6-17-15(10-14)16(7-8-21-17)19-11-12-3-2-4-13(18)9-12/h2-6,9-10,16,19H,7-8,11,18H2,1H3. The van der Waals surface area contributed by atoms with Crippen LogP contribution in [0.3, 0.4) is 0 Å². The second-order valence-electron chi connectivity index (χ2n) is 5.22. The maximum absolute atomic E-state index is 5.82. The lowest BCUT2D eigenvalue weighted by Crippen LogP contribution is -2.26. The van der Waals surface area contributed by atoms with Gasteiger partial charge in [0.25, 0.3) is 0 Å². The Kier molecular flexibility index (Phi) is 3.97. The molecular weight excluding hydrogens is 264 g/mol. The van der Waals surface area contributed by atoms with E-state index in [0.29, 0.717) is 0 Å². The van der Waals surface area contributed by atoms with Crippen molar-refractivity contribution in [3.8, 4) is 11.5 Å². The molecule has 0 radical (unpaired) electrons. The molecule has 3 N–H and O–H groups in total. The van der Waals surface area contributed by atoms with Gasteiger partial charge in [-0.25, -0.2) is 0 Å². The van der Waals surface area contributed by atoms with Crippen molar-refractivity contribution < 1.29 is 9.47 Å². The van der Waals surface area contributed by atoms with Crippen LogP contribution in [0.15, 0.2) is 42.5 Å². The van der Waals surface area contributed by atoms with Crippen LogP contribution < -0.4 is 20.5 Å². The van der Waals surface area contributed by atoms with Crippen molar-refractivity contribution in [1.82, 2.24) is 5.32 Å². The molecule has 0 bridgehead atoms. The van der Waals surface area contributed by atoms with Gasteiger partial charge in [-0.3, -0.25) is 0 Å². The van der Waals surface area contributed by atoms with Gasteiger partial charge < -0.3 is 20.5 Å². The number of nitrogens with two attached hydrogens (primary N) is 1. The Morgan fingerprint density at radius 1 is 1.29 bits per heavy atom.